The van der Waals surface area contributed by atoms with Gasteiger partial charge in [-0.1, -0.05) is 6.07 Å². The number of ether oxygens (including phenoxy) is 2. The molecule has 1 saturated heterocycles. The molecule has 0 bridgehead atoms. The minimum atomic E-state index is -0.916. The predicted octanol–water partition coefficient (Wildman–Crippen LogP) is 2.76. The lowest BCUT2D eigenvalue weighted by Gasteiger charge is -2.36. The van der Waals surface area contributed by atoms with Crippen LogP contribution in [-0.2, 0) is 9.53 Å². The minimum Gasteiger partial charge on any atom is -0.490 e. The highest BCUT2D eigenvalue weighted by Crippen LogP contribution is 2.27. The number of hydrogen-bond donors (Lipinski definition) is 2. The minimum absolute atomic E-state index is 0.0969. The molecule has 3 rings (SSSR count). The lowest BCUT2D eigenvalue weighted by Crippen LogP contribution is -2.53. The number of aliphatic carboxylic acids is 1. The summed E-state index contributed by atoms with van der Waals surface area (Å²) in [4.78, 5) is 23.9. The van der Waals surface area contributed by atoms with Gasteiger partial charge < -0.3 is 19.9 Å². The first kappa shape index (κ1) is 17.7. The number of amides is 1. The van der Waals surface area contributed by atoms with E-state index in [1.807, 2.05) is 6.07 Å². The standard InChI is InChI=1S/C19H25NO5/c21-17(22)13-19(8-10-24-11-9-19)20-18(23)14-4-3-7-16(12-14)25-15-5-1-2-6-15/h3-4,7,12,15H,1-2,5-6,8-11,13H2,(H,20,23)(H,21,22). The van der Waals surface area contributed by atoms with Gasteiger partial charge in [-0.2, -0.15) is 0 Å². The van der Waals surface area contributed by atoms with Crippen LogP contribution in [-0.4, -0.2) is 41.8 Å². The average molecular weight is 347 g/mol. The molecule has 0 spiro atoms. The molecule has 2 fully saturated rings. The highest BCUT2D eigenvalue weighted by molar-refractivity contribution is 5.95. The zero-order chi connectivity index (χ0) is 17.7. The van der Waals surface area contributed by atoms with Gasteiger partial charge in [0.1, 0.15) is 5.75 Å². The molecule has 0 radical (unpaired) electrons. The van der Waals surface area contributed by atoms with Crippen LogP contribution in [0.15, 0.2) is 24.3 Å². The molecular formula is C19H25NO5. The van der Waals surface area contributed by atoms with Crippen molar-refractivity contribution < 1.29 is 24.2 Å². The number of carbonyl (C=O) groups is 2. The Morgan fingerprint density at radius 2 is 1.96 bits per heavy atom. The third-order valence-corrected chi connectivity index (χ3v) is 5.02. The van der Waals surface area contributed by atoms with E-state index in [1.165, 1.54) is 12.8 Å². The van der Waals surface area contributed by atoms with Gasteiger partial charge in [-0.05, 0) is 56.7 Å². The average Bonchev–Trinajstić information content (AvgIpc) is 3.08. The number of carboxylic acid groups (broad SMARTS) is 1. The van der Waals surface area contributed by atoms with Crippen LogP contribution in [0.4, 0.5) is 0 Å². The Morgan fingerprint density at radius 3 is 2.64 bits per heavy atom. The van der Waals surface area contributed by atoms with Crippen molar-refractivity contribution in [3.63, 3.8) is 0 Å². The maximum absolute atomic E-state index is 12.7. The molecule has 1 saturated carbocycles. The third-order valence-electron chi connectivity index (χ3n) is 5.02. The van der Waals surface area contributed by atoms with Crippen LogP contribution in [0.5, 0.6) is 5.75 Å². The Hall–Kier alpha value is -2.08. The Kier molecular flexibility index (Phi) is 5.58. The fourth-order valence-electron chi connectivity index (χ4n) is 3.62. The second-order valence-corrected chi connectivity index (χ2v) is 6.97. The molecular weight excluding hydrogens is 322 g/mol. The van der Waals surface area contributed by atoms with Gasteiger partial charge in [-0.25, -0.2) is 0 Å². The summed E-state index contributed by atoms with van der Waals surface area (Å²) in [5.41, 5.74) is -0.254. The second kappa shape index (κ2) is 7.87. The lowest BCUT2D eigenvalue weighted by molar-refractivity contribution is -0.139. The summed E-state index contributed by atoms with van der Waals surface area (Å²) in [7, 11) is 0. The van der Waals surface area contributed by atoms with Gasteiger partial charge in [0.15, 0.2) is 0 Å². The Morgan fingerprint density at radius 1 is 1.24 bits per heavy atom. The maximum atomic E-state index is 12.7. The van der Waals surface area contributed by atoms with Crippen molar-refractivity contribution in [3.05, 3.63) is 29.8 Å². The molecule has 25 heavy (non-hydrogen) atoms. The van der Waals surface area contributed by atoms with E-state index in [0.29, 0.717) is 37.4 Å². The van der Waals surface area contributed by atoms with E-state index in [9.17, 15) is 14.7 Å². The van der Waals surface area contributed by atoms with Crippen molar-refractivity contribution in [3.8, 4) is 5.75 Å². The third kappa shape index (κ3) is 4.72. The van der Waals surface area contributed by atoms with E-state index in [1.54, 1.807) is 18.2 Å². The molecule has 0 atom stereocenters. The first-order chi connectivity index (χ1) is 12.1. The molecule has 1 aliphatic heterocycles. The highest BCUT2D eigenvalue weighted by Gasteiger charge is 2.36. The van der Waals surface area contributed by atoms with E-state index in [-0.39, 0.29) is 18.4 Å². The topological polar surface area (TPSA) is 84.9 Å². The largest absolute Gasteiger partial charge is 0.490 e. The van der Waals surface area contributed by atoms with Crippen molar-refractivity contribution >= 4 is 11.9 Å². The number of hydrogen-bond acceptors (Lipinski definition) is 4. The molecule has 1 aromatic rings. The molecule has 0 unspecified atom stereocenters. The number of carbonyl (C=O) groups excluding carboxylic acids is 1. The molecule has 2 aliphatic rings. The first-order valence-corrected chi connectivity index (χ1v) is 8.95. The molecule has 136 valence electrons. The molecule has 0 aromatic heterocycles. The lowest BCUT2D eigenvalue weighted by atomic mass is 9.86. The van der Waals surface area contributed by atoms with Crippen molar-refractivity contribution in [2.75, 3.05) is 13.2 Å². The summed E-state index contributed by atoms with van der Waals surface area (Å²) in [6.45, 7) is 0.913. The normalized spacial score (nSPS) is 20.2. The first-order valence-electron chi connectivity index (χ1n) is 8.95. The molecule has 1 heterocycles. The summed E-state index contributed by atoms with van der Waals surface area (Å²) in [5, 5.41) is 12.2. The Labute approximate surface area is 147 Å². The molecule has 1 aliphatic carbocycles. The van der Waals surface area contributed by atoms with Gasteiger partial charge in [-0.3, -0.25) is 9.59 Å². The van der Waals surface area contributed by atoms with Crippen molar-refractivity contribution in [1.82, 2.24) is 5.32 Å². The second-order valence-electron chi connectivity index (χ2n) is 6.97. The summed E-state index contributed by atoms with van der Waals surface area (Å²) < 4.78 is 11.3. The Bertz CT molecular complexity index is 618. The van der Waals surface area contributed by atoms with Crippen LogP contribution in [0.25, 0.3) is 0 Å². The zero-order valence-corrected chi connectivity index (χ0v) is 14.3. The molecule has 1 aromatic carbocycles. The van der Waals surface area contributed by atoms with Crippen molar-refractivity contribution in [2.45, 2.75) is 56.6 Å². The van der Waals surface area contributed by atoms with Gasteiger partial charge in [0, 0.05) is 18.8 Å². The van der Waals surface area contributed by atoms with Crippen LogP contribution in [0, 0.1) is 0 Å². The molecule has 1 amide bonds. The number of benzene rings is 1. The zero-order valence-electron chi connectivity index (χ0n) is 14.3. The van der Waals surface area contributed by atoms with Crippen molar-refractivity contribution in [2.24, 2.45) is 0 Å². The summed E-state index contributed by atoms with van der Waals surface area (Å²) in [5.74, 6) is -0.487. The fourth-order valence-corrected chi connectivity index (χ4v) is 3.62. The van der Waals surface area contributed by atoms with Crippen LogP contribution in [0.2, 0.25) is 0 Å². The molecule has 2 N–H and O–H groups in total. The summed E-state index contributed by atoms with van der Waals surface area (Å²) >= 11 is 0. The Balaban J connectivity index is 1.69. The maximum Gasteiger partial charge on any atom is 0.305 e. The predicted molar refractivity (Wildman–Crippen MR) is 91.8 cm³/mol. The van der Waals surface area contributed by atoms with E-state index < -0.39 is 11.5 Å². The highest BCUT2D eigenvalue weighted by atomic mass is 16.5. The van der Waals surface area contributed by atoms with Crippen molar-refractivity contribution in [1.29, 1.82) is 0 Å². The van der Waals surface area contributed by atoms with Crippen LogP contribution in [0.3, 0.4) is 0 Å². The monoisotopic (exact) mass is 347 g/mol. The summed E-state index contributed by atoms with van der Waals surface area (Å²) in [6, 6.07) is 7.12. The van der Waals surface area contributed by atoms with Gasteiger partial charge in [0.05, 0.1) is 18.1 Å². The molecule has 6 nitrogen and oxygen atoms in total. The van der Waals surface area contributed by atoms with E-state index in [4.69, 9.17) is 9.47 Å². The fraction of sp³-hybridized carbons (Fsp3) is 0.579. The molecule has 6 heteroatoms. The summed E-state index contributed by atoms with van der Waals surface area (Å²) in [6.07, 6.45) is 5.62. The van der Waals surface area contributed by atoms with E-state index in [2.05, 4.69) is 5.32 Å². The number of nitrogens with one attached hydrogen (secondary N) is 1. The SMILES string of the molecule is O=C(O)CC1(NC(=O)c2cccc(OC3CCCC3)c2)CCOCC1. The van der Waals surface area contributed by atoms with E-state index in [0.717, 1.165) is 12.8 Å². The number of rotatable bonds is 6. The van der Waals surface area contributed by atoms with Gasteiger partial charge >= 0.3 is 5.97 Å². The van der Waals surface area contributed by atoms with Crippen LogP contribution < -0.4 is 10.1 Å². The van der Waals surface area contributed by atoms with E-state index >= 15 is 0 Å². The number of carboxylic acids is 1. The van der Waals surface area contributed by atoms with Gasteiger partial charge in [-0.15, -0.1) is 0 Å². The van der Waals surface area contributed by atoms with Gasteiger partial charge in [0.2, 0.25) is 0 Å². The van der Waals surface area contributed by atoms with Crippen LogP contribution >= 0.6 is 0 Å². The van der Waals surface area contributed by atoms with Gasteiger partial charge in [0.25, 0.3) is 5.91 Å². The smallest absolute Gasteiger partial charge is 0.305 e. The quantitative estimate of drug-likeness (QED) is 0.826. The van der Waals surface area contributed by atoms with Crippen LogP contribution in [0.1, 0.15) is 55.3 Å².